The van der Waals surface area contributed by atoms with Gasteiger partial charge in [-0.2, -0.15) is 0 Å². The van der Waals surface area contributed by atoms with Crippen molar-refractivity contribution in [2.24, 2.45) is 0 Å². The summed E-state index contributed by atoms with van der Waals surface area (Å²) in [6.45, 7) is 3.02. The van der Waals surface area contributed by atoms with Crippen LogP contribution in [-0.4, -0.2) is 33.2 Å². The van der Waals surface area contributed by atoms with Gasteiger partial charge in [-0.3, -0.25) is 4.79 Å². The minimum atomic E-state index is -0.0293. The van der Waals surface area contributed by atoms with E-state index in [-0.39, 0.29) is 12.5 Å². The van der Waals surface area contributed by atoms with Gasteiger partial charge in [0.05, 0.1) is 26.5 Å². The lowest BCUT2D eigenvalue weighted by molar-refractivity contribution is -0.119. The molecule has 0 heterocycles. The molecule has 0 atom stereocenters. The number of anilines is 1. The topological polar surface area (TPSA) is 59.6 Å². The number of unbranched alkanes of at least 4 members (excludes halogenated alkanes) is 1. The second-order valence-electron chi connectivity index (χ2n) is 4.12. The fourth-order valence-corrected chi connectivity index (χ4v) is 1.59. The van der Waals surface area contributed by atoms with Crippen LogP contribution in [0.25, 0.3) is 0 Å². The van der Waals surface area contributed by atoms with Gasteiger partial charge < -0.3 is 20.1 Å². The number of amides is 1. The summed E-state index contributed by atoms with van der Waals surface area (Å²) in [5.74, 6) is 1.37. The Kier molecular flexibility index (Phi) is 6.57. The molecule has 1 rings (SSSR count). The van der Waals surface area contributed by atoms with E-state index < -0.39 is 0 Å². The van der Waals surface area contributed by atoms with E-state index in [1.165, 1.54) is 0 Å². The minimum absolute atomic E-state index is 0.0293. The molecule has 1 aromatic carbocycles. The molecule has 5 nitrogen and oxygen atoms in total. The molecular weight excluding hydrogens is 244 g/mol. The van der Waals surface area contributed by atoms with E-state index in [1.54, 1.807) is 26.4 Å². The van der Waals surface area contributed by atoms with Crippen molar-refractivity contribution < 1.29 is 14.3 Å². The molecule has 1 aromatic rings. The smallest absolute Gasteiger partial charge is 0.239 e. The predicted octanol–water partition coefficient (Wildman–Crippen LogP) is 2.03. The quantitative estimate of drug-likeness (QED) is 0.707. The summed E-state index contributed by atoms with van der Waals surface area (Å²) in [6.07, 6.45) is 2.06. The first-order chi connectivity index (χ1) is 9.21. The SMILES string of the molecule is CCCCNC(=O)CNc1cc(OC)ccc1OC. The van der Waals surface area contributed by atoms with Crippen LogP contribution in [0.5, 0.6) is 11.5 Å². The molecule has 19 heavy (non-hydrogen) atoms. The van der Waals surface area contributed by atoms with Gasteiger partial charge in [0.25, 0.3) is 0 Å². The molecule has 0 radical (unpaired) electrons. The summed E-state index contributed by atoms with van der Waals surface area (Å²) in [7, 11) is 3.19. The maximum Gasteiger partial charge on any atom is 0.239 e. The van der Waals surface area contributed by atoms with Crippen molar-refractivity contribution in [2.45, 2.75) is 19.8 Å². The van der Waals surface area contributed by atoms with Crippen molar-refractivity contribution in [2.75, 3.05) is 32.6 Å². The van der Waals surface area contributed by atoms with Gasteiger partial charge in [-0.25, -0.2) is 0 Å². The van der Waals surface area contributed by atoms with Crippen LogP contribution >= 0.6 is 0 Å². The number of ether oxygens (including phenoxy) is 2. The second-order valence-corrected chi connectivity index (χ2v) is 4.12. The highest BCUT2D eigenvalue weighted by Gasteiger charge is 2.06. The van der Waals surface area contributed by atoms with Crippen LogP contribution in [0.15, 0.2) is 18.2 Å². The lowest BCUT2D eigenvalue weighted by Crippen LogP contribution is -2.30. The zero-order valence-corrected chi connectivity index (χ0v) is 11.8. The van der Waals surface area contributed by atoms with Crippen LogP contribution in [0, 0.1) is 0 Å². The van der Waals surface area contributed by atoms with Gasteiger partial charge in [-0.05, 0) is 18.6 Å². The Morgan fingerprint density at radius 3 is 2.68 bits per heavy atom. The van der Waals surface area contributed by atoms with Crippen molar-refractivity contribution in [3.05, 3.63) is 18.2 Å². The van der Waals surface area contributed by atoms with Crippen molar-refractivity contribution in [1.29, 1.82) is 0 Å². The molecule has 0 spiro atoms. The van der Waals surface area contributed by atoms with Crippen LogP contribution in [-0.2, 0) is 4.79 Å². The zero-order valence-electron chi connectivity index (χ0n) is 11.8. The van der Waals surface area contributed by atoms with Crippen molar-refractivity contribution in [3.8, 4) is 11.5 Å². The molecule has 0 aliphatic rings. The van der Waals surface area contributed by atoms with Gasteiger partial charge in [0.15, 0.2) is 0 Å². The Balaban J connectivity index is 2.53. The largest absolute Gasteiger partial charge is 0.497 e. The van der Waals surface area contributed by atoms with Gasteiger partial charge in [-0.1, -0.05) is 13.3 Å². The minimum Gasteiger partial charge on any atom is -0.497 e. The number of carbonyl (C=O) groups excluding carboxylic acids is 1. The van der Waals surface area contributed by atoms with Crippen LogP contribution < -0.4 is 20.1 Å². The molecule has 0 aliphatic heterocycles. The third-order valence-electron chi connectivity index (χ3n) is 2.70. The molecule has 0 fully saturated rings. The predicted molar refractivity (Wildman–Crippen MR) is 76.0 cm³/mol. The summed E-state index contributed by atoms with van der Waals surface area (Å²) in [5, 5.41) is 5.89. The highest BCUT2D eigenvalue weighted by Crippen LogP contribution is 2.28. The average Bonchev–Trinajstić information content (AvgIpc) is 2.45. The van der Waals surface area contributed by atoms with Crippen LogP contribution in [0.1, 0.15) is 19.8 Å². The first-order valence-corrected chi connectivity index (χ1v) is 6.43. The Hall–Kier alpha value is -1.91. The number of rotatable bonds is 8. The number of carbonyl (C=O) groups is 1. The van der Waals surface area contributed by atoms with Crippen molar-refractivity contribution in [3.63, 3.8) is 0 Å². The molecule has 0 bridgehead atoms. The molecule has 0 aliphatic carbocycles. The lowest BCUT2D eigenvalue weighted by Gasteiger charge is -2.12. The van der Waals surface area contributed by atoms with E-state index in [1.807, 2.05) is 6.07 Å². The third-order valence-corrected chi connectivity index (χ3v) is 2.70. The average molecular weight is 266 g/mol. The van der Waals surface area contributed by atoms with Crippen molar-refractivity contribution in [1.82, 2.24) is 5.32 Å². The van der Waals surface area contributed by atoms with Gasteiger partial charge >= 0.3 is 0 Å². The first kappa shape index (κ1) is 15.1. The zero-order chi connectivity index (χ0) is 14.1. The molecule has 0 unspecified atom stereocenters. The van der Waals surface area contributed by atoms with Crippen LogP contribution in [0.2, 0.25) is 0 Å². The number of hydrogen-bond acceptors (Lipinski definition) is 4. The molecular formula is C14H22N2O3. The standard InChI is InChI=1S/C14H22N2O3/c1-4-5-8-15-14(17)10-16-12-9-11(18-2)6-7-13(12)19-3/h6-7,9,16H,4-5,8,10H2,1-3H3,(H,15,17). The van der Waals surface area contributed by atoms with Crippen LogP contribution in [0.3, 0.4) is 0 Å². The second kappa shape index (κ2) is 8.24. The Labute approximate surface area is 114 Å². The number of hydrogen-bond donors (Lipinski definition) is 2. The summed E-state index contributed by atoms with van der Waals surface area (Å²) >= 11 is 0. The number of methoxy groups -OCH3 is 2. The first-order valence-electron chi connectivity index (χ1n) is 6.43. The van der Waals surface area contributed by atoms with Gasteiger partial charge in [-0.15, -0.1) is 0 Å². The summed E-state index contributed by atoms with van der Waals surface area (Å²) in [5.41, 5.74) is 0.743. The molecule has 0 saturated heterocycles. The lowest BCUT2D eigenvalue weighted by atomic mass is 10.2. The molecule has 5 heteroatoms. The van der Waals surface area contributed by atoms with E-state index in [0.29, 0.717) is 12.3 Å². The maximum absolute atomic E-state index is 11.6. The Bertz CT molecular complexity index is 408. The highest BCUT2D eigenvalue weighted by molar-refractivity contribution is 5.81. The number of nitrogens with one attached hydrogen (secondary N) is 2. The fourth-order valence-electron chi connectivity index (χ4n) is 1.59. The van der Waals surface area contributed by atoms with E-state index in [9.17, 15) is 4.79 Å². The molecule has 106 valence electrons. The summed E-state index contributed by atoms with van der Waals surface area (Å²) in [4.78, 5) is 11.6. The monoisotopic (exact) mass is 266 g/mol. The molecule has 0 aromatic heterocycles. The van der Waals surface area contributed by atoms with Gasteiger partial charge in [0.2, 0.25) is 5.91 Å². The normalized spacial score (nSPS) is 9.84. The molecule has 0 saturated carbocycles. The van der Waals surface area contributed by atoms with Gasteiger partial charge in [0.1, 0.15) is 11.5 Å². The Morgan fingerprint density at radius 1 is 1.26 bits per heavy atom. The van der Waals surface area contributed by atoms with E-state index in [2.05, 4.69) is 17.6 Å². The molecule has 2 N–H and O–H groups in total. The molecule has 1 amide bonds. The summed E-state index contributed by atoms with van der Waals surface area (Å²) in [6, 6.07) is 5.42. The van der Waals surface area contributed by atoms with Gasteiger partial charge in [0, 0.05) is 12.6 Å². The fraction of sp³-hybridized carbons (Fsp3) is 0.500. The van der Waals surface area contributed by atoms with Crippen LogP contribution in [0.4, 0.5) is 5.69 Å². The maximum atomic E-state index is 11.6. The van der Waals surface area contributed by atoms with Crippen molar-refractivity contribution >= 4 is 11.6 Å². The van der Waals surface area contributed by atoms with E-state index in [4.69, 9.17) is 9.47 Å². The Morgan fingerprint density at radius 2 is 2.05 bits per heavy atom. The van der Waals surface area contributed by atoms with E-state index in [0.717, 1.165) is 24.3 Å². The highest BCUT2D eigenvalue weighted by atomic mass is 16.5. The third kappa shape index (κ3) is 5.07. The summed E-state index contributed by atoms with van der Waals surface area (Å²) < 4.78 is 10.4. The van der Waals surface area contributed by atoms with E-state index >= 15 is 0 Å². The number of benzene rings is 1.